The molecule has 0 rings (SSSR count). The molecule has 0 bridgehead atoms. The molecule has 0 radical (unpaired) electrons. The number of carboxylic acid groups (broad SMARTS) is 1. The average molecular weight is 187 g/mol. The van der Waals surface area contributed by atoms with E-state index in [0.717, 1.165) is 6.42 Å². The van der Waals surface area contributed by atoms with Crippen molar-refractivity contribution in [3.8, 4) is 0 Å². The van der Waals surface area contributed by atoms with Crippen molar-refractivity contribution in [3.05, 3.63) is 0 Å². The Labute approximate surface area is 78.3 Å². The van der Waals surface area contributed by atoms with E-state index < -0.39 is 18.3 Å². The molecule has 13 heavy (non-hydrogen) atoms. The van der Waals surface area contributed by atoms with E-state index in [1.807, 2.05) is 20.8 Å². The molecule has 2 N–H and O–H groups in total. The van der Waals surface area contributed by atoms with Gasteiger partial charge in [-0.1, -0.05) is 20.8 Å². The fraction of sp³-hybridized carbons (Fsp3) is 0.778. The smallest absolute Gasteiger partial charge is 0.312 e. The van der Waals surface area contributed by atoms with Crippen molar-refractivity contribution in [2.45, 2.75) is 33.6 Å². The molecular formula is C9H17NO3. The van der Waals surface area contributed by atoms with Crippen LogP contribution in [-0.4, -0.2) is 23.5 Å². The van der Waals surface area contributed by atoms with Gasteiger partial charge in [0, 0.05) is 6.54 Å². The molecule has 4 heteroatoms. The number of hydrogen-bond donors (Lipinski definition) is 2. The predicted molar refractivity (Wildman–Crippen MR) is 49.3 cm³/mol. The molecule has 0 atom stereocenters. The van der Waals surface area contributed by atoms with Crippen molar-refractivity contribution in [3.63, 3.8) is 0 Å². The Kier molecular flexibility index (Phi) is 4.45. The van der Waals surface area contributed by atoms with Gasteiger partial charge in [-0.25, -0.2) is 0 Å². The molecule has 0 saturated carbocycles. The molecule has 0 saturated heterocycles. The zero-order valence-electron chi connectivity index (χ0n) is 8.39. The van der Waals surface area contributed by atoms with Crippen LogP contribution in [0.3, 0.4) is 0 Å². The van der Waals surface area contributed by atoms with Gasteiger partial charge in [0.25, 0.3) is 0 Å². The van der Waals surface area contributed by atoms with Gasteiger partial charge in [0.2, 0.25) is 5.91 Å². The van der Waals surface area contributed by atoms with Gasteiger partial charge in [0.15, 0.2) is 0 Å². The fourth-order valence-electron chi connectivity index (χ4n) is 0.663. The number of nitrogens with one attached hydrogen (secondary N) is 1. The van der Waals surface area contributed by atoms with Crippen molar-refractivity contribution in [1.29, 1.82) is 0 Å². The van der Waals surface area contributed by atoms with Crippen molar-refractivity contribution in [1.82, 2.24) is 5.32 Å². The van der Waals surface area contributed by atoms with Crippen LogP contribution in [-0.2, 0) is 9.59 Å². The third kappa shape index (κ3) is 6.13. The van der Waals surface area contributed by atoms with Crippen LogP contribution in [0, 0.1) is 5.41 Å². The Morgan fingerprint density at radius 3 is 2.31 bits per heavy atom. The highest BCUT2D eigenvalue weighted by atomic mass is 16.4. The fourth-order valence-corrected chi connectivity index (χ4v) is 0.663. The minimum atomic E-state index is -1.09. The lowest BCUT2D eigenvalue weighted by Gasteiger charge is -2.22. The summed E-state index contributed by atoms with van der Waals surface area (Å²) in [5.41, 5.74) is 0.0359. The van der Waals surface area contributed by atoms with Crippen LogP contribution in [0.4, 0.5) is 0 Å². The van der Waals surface area contributed by atoms with Crippen molar-refractivity contribution in [2.24, 2.45) is 5.41 Å². The topological polar surface area (TPSA) is 66.4 Å². The van der Waals surface area contributed by atoms with Crippen molar-refractivity contribution in [2.75, 3.05) is 6.54 Å². The lowest BCUT2D eigenvalue weighted by atomic mass is 9.90. The summed E-state index contributed by atoms with van der Waals surface area (Å²) in [6, 6.07) is 0. The number of carboxylic acids is 1. The van der Waals surface area contributed by atoms with E-state index in [9.17, 15) is 9.59 Å². The number of carbonyl (C=O) groups is 2. The molecule has 4 nitrogen and oxygen atoms in total. The summed E-state index contributed by atoms with van der Waals surface area (Å²) in [7, 11) is 0. The van der Waals surface area contributed by atoms with Crippen LogP contribution in [0.25, 0.3) is 0 Å². The number of amides is 1. The third-order valence-corrected chi connectivity index (χ3v) is 2.03. The molecule has 76 valence electrons. The summed E-state index contributed by atoms with van der Waals surface area (Å²) in [6.07, 6.45) is 0.500. The van der Waals surface area contributed by atoms with Gasteiger partial charge in [-0.05, 0) is 11.8 Å². The van der Waals surface area contributed by atoms with Crippen LogP contribution in [0.5, 0.6) is 0 Å². The predicted octanol–water partition coefficient (Wildman–Crippen LogP) is 1.01. The van der Waals surface area contributed by atoms with E-state index >= 15 is 0 Å². The zero-order chi connectivity index (χ0) is 10.5. The second-order valence-corrected chi connectivity index (χ2v) is 3.87. The number of rotatable bonds is 5. The van der Waals surface area contributed by atoms with E-state index in [4.69, 9.17) is 5.11 Å². The second-order valence-electron chi connectivity index (χ2n) is 3.87. The minimum Gasteiger partial charge on any atom is -0.481 e. The van der Waals surface area contributed by atoms with Gasteiger partial charge >= 0.3 is 5.97 Å². The molecule has 0 aliphatic rings. The first-order valence-corrected chi connectivity index (χ1v) is 4.36. The van der Waals surface area contributed by atoms with Crippen LogP contribution in [0.1, 0.15) is 33.6 Å². The van der Waals surface area contributed by atoms with E-state index in [2.05, 4.69) is 5.32 Å². The first-order valence-electron chi connectivity index (χ1n) is 4.36. The van der Waals surface area contributed by atoms with E-state index in [1.165, 1.54) is 0 Å². The van der Waals surface area contributed by atoms with Gasteiger partial charge in [-0.3, -0.25) is 9.59 Å². The van der Waals surface area contributed by atoms with Gasteiger partial charge in [-0.15, -0.1) is 0 Å². The van der Waals surface area contributed by atoms with E-state index in [-0.39, 0.29) is 5.41 Å². The van der Waals surface area contributed by atoms with Gasteiger partial charge in [-0.2, -0.15) is 0 Å². The number of hydrogen-bond acceptors (Lipinski definition) is 2. The van der Waals surface area contributed by atoms with Crippen LogP contribution < -0.4 is 5.32 Å². The van der Waals surface area contributed by atoms with Gasteiger partial charge in [0.05, 0.1) is 0 Å². The standard InChI is InChI=1S/C9H17NO3/c1-4-9(2,3)6-10-7(11)5-8(12)13/h4-6H2,1-3H3,(H,10,11)(H,12,13). The SMILES string of the molecule is CCC(C)(C)CNC(=O)CC(=O)O. The van der Waals surface area contributed by atoms with E-state index in [1.54, 1.807) is 0 Å². The molecule has 0 aromatic carbocycles. The Morgan fingerprint density at radius 2 is 1.92 bits per heavy atom. The largest absolute Gasteiger partial charge is 0.481 e. The second kappa shape index (κ2) is 4.84. The maximum Gasteiger partial charge on any atom is 0.312 e. The highest BCUT2D eigenvalue weighted by Crippen LogP contribution is 2.17. The third-order valence-electron chi connectivity index (χ3n) is 2.03. The number of aliphatic carboxylic acids is 1. The molecule has 1 amide bonds. The Morgan fingerprint density at radius 1 is 1.38 bits per heavy atom. The van der Waals surface area contributed by atoms with Crippen LogP contribution >= 0.6 is 0 Å². The normalized spacial score (nSPS) is 11.0. The highest BCUT2D eigenvalue weighted by molar-refractivity contribution is 5.93. The Bertz CT molecular complexity index is 199. The van der Waals surface area contributed by atoms with Gasteiger partial charge < -0.3 is 10.4 Å². The summed E-state index contributed by atoms with van der Waals surface area (Å²) in [6.45, 7) is 6.60. The molecule has 0 spiro atoms. The Balaban J connectivity index is 3.76. The molecule has 0 unspecified atom stereocenters. The zero-order valence-corrected chi connectivity index (χ0v) is 8.39. The minimum absolute atomic E-state index is 0.0359. The van der Waals surface area contributed by atoms with Gasteiger partial charge in [0.1, 0.15) is 6.42 Å². The molecule has 0 aliphatic heterocycles. The first kappa shape index (κ1) is 11.9. The molecule has 0 fully saturated rings. The first-order chi connectivity index (χ1) is 5.87. The van der Waals surface area contributed by atoms with Crippen molar-refractivity contribution < 1.29 is 14.7 Å². The number of carbonyl (C=O) groups excluding carboxylic acids is 1. The maximum atomic E-state index is 10.9. The summed E-state index contributed by atoms with van der Waals surface area (Å²) in [5, 5.41) is 10.9. The monoisotopic (exact) mass is 187 g/mol. The average Bonchev–Trinajstić information content (AvgIpc) is 2.00. The van der Waals surface area contributed by atoms with Crippen molar-refractivity contribution >= 4 is 11.9 Å². The maximum absolute atomic E-state index is 10.9. The summed E-state index contributed by atoms with van der Waals surface area (Å²) >= 11 is 0. The molecule has 0 aromatic heterocycles. The summed E-state index contributed by atoms with van der Waals surface area (Å²) < 4.78 is 0. The Hall–Kier alpha value is -1.06. The molecule has 0 heterocycles. The summed E-state index contributed by atoms with van der Waals surface area (Å²) in [4.78, 5) is 21.1. The highest BCUT2D eigenvalue weighted by Gasteiger charge is 2.16. The lowest BCUT2D eigenvalue weighted by molar-refractivity contribution is -0.140. The van der Waals surface area contributed by atoms with Crippen LogP contribution in [0.2, 0.25) is 0 Å². The van der Waals surface area contributed by atoms with E-state index in [0.29, 0.717) is 6.54 Å². The summed E-state index contributed by atoms with van der Waals surface area (Å²) in [5.74, 6) is -1.51. The quantitative estimate of drug-likeness (QED) is 0.631. The molecule has 0 aliphatic carbocycles. The molecule has 0 aromatic rings. The lowest BCUT2D eigenvalue weighted by Crippen LogP contribution is -2.34. The van der Waals surface area contributed by atoms with Crippen LogP contribution in [0.15, 0.2) is 0 Å². The molecular weight excluding hydrogens is 170 g/mol.